The summed E-state index contributed by atoms with van der Waals surface area (Å²) in [7, 11) is 0. The minimum atomic E-state index is -0.868. The number of hydrogen-bond donors (Lipinski definition) is 2. The van der Waals surface area contributed by atoms with E-state index in [2.05, 4.69) is 5.32 Å². The van der Waals surface area contributed by atoms with Crippen LogP contribution in [0.2, 0.25) is 0 Å². The third-order valence-electron chi connectivity index (χ3n) is 2.57. The summed E-state index contributed by atoms with van der Waals surface area (Å²) in [6.45, 7) is 4.21. The van der Waals surface area contributed by atoms with Crippen molar-refractivity contribution in [2.24, 2.45) is 11.7 Å². The average molecular weight is 256 g/mol. The van der Waals surface area contributed by atoms with E-state index in [1.165, 1.54) is 6.07 Å². The molecule has 0 saturated carbocycles. The van der Waals surface area contributed by atoms with Crippen molar-refractivity contribution >= 4 is 5.91 Å². The molecule has 5 heteroatoms. The van der Waals surface area contributed by atoms with Crippen LogP contribution >= 0.6 is 0 Å². The van der Waals surface area contributed by atoms with Crippen molar-refractivity contribution < 1.29 is 13.6 Å². The van der Waals surface area contributed by atoms with Gasteiger partial charge in [0.25, 0.3) is 5.91 Å². The Morgan fingerprint density at radius 2 is 1.89 bits per heavy atom. The van der Waals surface area contributed by atoms with Crippen LogP contribution in [0.5, 0.6) is 0 Å². The van der Waals surface area contributed by atoms with Crippen LogP contribution in [-0.4, -0.2) is 18.5 Å². The molecule has 0 bridgehead atoms. The maximum atomic E-state index is 13.4. The number of nitrogens with two attached hydrogens (primary N) is 1. The number of hydrogen-bond acceptors (Lipinski definition) is 2. The van der Waals surface area contributed by atoms with Crippen LogP contribution in [0.1, 0.15) is 30.6 Å². The fourth-order valence-corrected chi connectivity index (χ4v) is 1.76. The first-order valence-electron chi connectivity index (χ1n) is 5.90. The van der Waals surface area contributed by atoms with Gasteiger partial charge < -0.3 is 11.1 Å². The molecule has 1 unspecified atom stereocenters. The molecule has 3 nitrogen and oxygen atoms in total. The number of halogens is 2. The van der Waals surface area contributed by atoms with E-state index in [0.717, 1.165) is 12.1 Å². The molecule has 0 aliphatic carbocycles. The molecule has 1 aromatic carbocycles. The lowest BCUT2D eigenvalue weighted by atomic mass is 10.0. The van der Waals surface area contributed by atoms with E-state index in [4.69, 9.17) is 5.73 Å². The number of nitrogens with one attached hydrogen (secondary N) is 1. The second-order valence-electron chi connectivity index (χ2n) is 4.63. The van der Waals surface area contributed by atoms with E-state index in [1.807, 2.05) is 13.8 Å². The van der Waals surface area contributed by atoms with Crippen molar-refractivity contribution in [1.82, 2.24) is 5.32 Å². The van der Waals surface area contributed by atoms with Crippen molar-refractivity contribution in [1.29, 1.82) is 0 Å². The normalized spacial score (nSPS) is 12.6. The van der Waals surface area contributed by atoms with Crippen molar-refractivity contribution in [3.8, 4) is 0 Å². The van der Waals surface area contributed by atoms with Crippen LogP contribution in [0.25, 0.3) is 0 Å². The Hall–Kier alpha value is -1.49. The molecule has 0 aromatic heterocycles. The van der Waals surface area contributed by atoms with Gasteiger partial charge in [-0.2, -0.15) is 0 Å². The lowest BCUT2D eigenvalue weighted by Gasteiger charge is -2.19. The highest BCUT2D eigenvalue weighted by molar-refractivity contribution is 5.94. The zero-order valence-electron chi connectivity index (χ0n) is 10.5. The van der Waals surface area contributed by atoms with Crippen LogP contribution in [0.4, 0.5) is 8.78 Å². The molecule has 3 N–H and O–H groups in total. The number of benzene rings is 1. The Labute approximate surface area is 105 Å². The maximum Gasteiger partial charge on any atom is 0.257 e. The fraction of sp³-hybridized carbons (Fsp3) is 0.462. The molecule has 0 spiro atoms. The molecule has 1 atom stereocenters. The van der Waals surface area contributed by atoms with Crippen molar-refractivity contribution in [2.45, 2.75) is 26.3 Å². The van der Waals surface area contributed by atoms with Gasteiger partial charge in [-0.3, -0.25) is 4.79 Å². The second kappa shape index (κ2) is 6.44. The Balaban J connectivity index is 2.81. The van der Waals surface area contributed by atoms with E-state index >= 15 is 0 Å². The molecule has 1 amide bonds. The van der Waals surface area contributed by atoms with Gasteiger partial charge in [-0.15, -0.1) is 0 Å². The fourth-order valence-electron chi connectivity index (χ4n) is 1.76. The van der Waals surface area contributed by atoms with Crippen molar-refractivity contribution in [2.75, 3.05) is 6.54 Å². The van der Waals surface area contributed by atoms with Gasteiger partial charge in [-0.1, -0.05) is 19.9 Å². The molecule has 0 radical (unpaired) electrons. The quantitative estimate of drug-likeness (QED) is 0.847. The summed E-state index contributed by atoms with van der Waals surface area (Å²) in [5.74, 6) is -2.16. The summed E-state index contributed by atoms with van der Waals surface area (Å²) >= 11 is 0. The van der Waals surface area contributed by atoms with Gasteiger partial charge in [-0.25, -0.2) is 8.78 Å². The van der Waals surface area contributed by atoms with E-state index in [9.17, 15) is 13.6 Å². The average Bonchev–Trinajstić information content (AvgIpc) is 2.27. The van der Waals surface area contributed by atoms with Gasteiger partial charge >= 0.3 is 0 Å². The lowest BCUT2D eigenvalue weighted by Crippen LogP contribution is -2.41. The first kappa shape index (κ1) is 14.6. The summed E-state index contributed by atoms with van der Waals surface area (Å²) in [6, 6.07) is 3.04. The molecular formula is C13H18F2N2O. The van der Waals surface area contributed by atoms with Crippen LogP contribution < -0.4 is 11.1 Å². The molecule has 0 fully saturated rings. The Morgan fingerprint density at radius 1 is 1.33 bits per heavy atom. The molecule has 0 heterocycles. The third-order valence-corrected chi connectivity index (χ3v) is 2.57. The van der Waals surface area contributed by atoms with Gasteiger partial charge in [0.05, 0.1) is 0 Å². The van der Waals surface area contributed by atoms with E-state index in [1.54, 1.807) is 0 Å². The van der Waals surface area contributed by atoms with E-state index in [-0.39, 0.29) is 12.6 Å². The van der Waals surface area contributed by atoms with Crippen molar-refractivity contribution in [3.63, 3.8) is 0 Å². The lowest BCUT2D eigenvalue weighted by molar-refractivity contribution is 0.0925. The molecule has 0 aliphatic heterocycles. The zero-order valence-corrected chi connectivity index (χ0v) is 10.5. The van der Waals surface area contributed by atoms with Crippen molar-refractivity contribution in [3.05, 3.63) is 35.4 Å². The summed E-state index contributed by atoms with van der Waals surface area (Å²) in [5.41, 5.74) is 4.97. The first-order chi connectivity index (χ1) is 8.45. The van der Waals surface area contributed by atoms with Crippen LogP contribution in [0.15, 0.2) is 18.2 Å². The molecule has 1 rings (SSSR count). The third kappa shape index (κ3) is 3.77. The standard InChI is InChI=1S/C13H18F2N2O/c1-8(2)6-9(7-16)17-13(18)12-10(14)4-3-5-11(12)15/h3-5,8-9H,6-7,16H2,1-2H3,(H,17,18). The van der Waals surface area contributed by atoms with Gasteiger partial charge in [0, 0.05) is 12.6 Å². The Kier molecular flexibility index (Phi) is 5.22. The Morgan fingerprint density at radius 3 is 2.33 bits per heavy atom. The Bertz CT molecular complexity index is 401. The highest BCUT2D eigenvalue weighted by Gasteiger charge is 2.20. The number of carbonyl (C=O) groups excluding carboxylic acids is 1. The minimum absolute atomic E-state index is 0.236. The number of rotatable bonds is 5. The highest BCUT2D eigenvalue weighted by atomic mass is 19.1. The number of amides is 1. The summed E-state index contributed by atoms with van der Waals surface area (Å²) in [5, 5.41) is 2.55. The first-order valence-corrected chi connectivity index (χ1v) is 5.90. The van der Waals surface area contributed by atoms with Gasteiger partial charge in [0.15, 0.2) is 0 Å². The van der Waals surface area contributed by atoms with Gasteiger partial charge in [0.2, 0.25) is 0 Å². The van der Waals surface area contributed by atoms with Crippen LogP contribution in [0, 0.1) is 17.6 Å². The predicted octanol–water partition coefficient (Wildman–Crippen LogP) is 2.07. The molecule has 0 aliphatic rings. The van der Waals surface area contributed by atoms with Crippen LogP contribution in [-0.2, 0) is 0 Å². The largest absolute Gasteiger partial charge is 0.348 e. The highest BCUT2D eigenvalue weighted by Crippen LogP contribution is 2.13. The second-order valence-corrected chi connectivity index (χ2v) is 4.63. The number of carbonyl (C=O) groups is 1. The summed E-state index contributed by atoms with van der Waals surface area (Å²) in [4.78, 5) is 11.8. The summed E-state index contributed by atoms with van der Waals surface area (Å²) in [6.07, 6.45) is 0.665. The van der Waals surface area contributed by atoms with E-state index in [0.29, 0.717) is 12.3 Å². The SMILES string of the molecule is CC(C)CC(CN)NC(=O)c1c(F)cccc1F. The molecule has 1 aromatic rings. The van der Waals surface area contributed by atoms with E-state index < -0.39 is 23.1 Å². The predicted molar refractivity (Wildman–Crippen MR) is 66.1 cm³/mol. The molecule has 100 valence electrons. The van der Waals surface area contributed by atoms with Gasteiger partial charge in [-0.05, 0) is 24.5 Å². The minimum Gasteiger partial charge on any atom is -0.348 e. The molecule has 0 saturated heterocycles. The molecular weight excluding hydrogens is 238 g/mol. The maximum absolute atomic E-state index is 13.4. The smallest absolute Gasteiger partial charge is 0.257 e. The molecule has 18 heavy (non-hydrogen) atoms. The topological polar surface area (TPSA) is 55.1 Å². The zero-order chi connectivity index (χ0) is 13.7. The van der Waals surface area contributed by atoms with Crippen LogP contribution in [0.3, 0.4) is 0 Å². The van der Waals surface area contributed by atoms with Gasteiger partial charge in [0.1, 0.15) is 17.2 Å². The summed E-state index contributed by atoms with van der Waals surface area (Å²) < 4.78 is 26.8. The monoisotopic (exact) mass is 256 g/mol.